The largest absolute Gasteiger partial charge is 0.476 e. The van der Waals surface area contributed by atoms with Crippen molar-refractivity contribution < 1.29 is 78.7 Å². The Morgan fingerprint density at radius 2 is 1.15 bits per heavy atom. The first-order chi connectivity index (χ1) is 11.4. The van der Waals surface area contributed by atoms with Crippen LogP contribution in [0.1, 0.15) is 6.42 Å². The molecule has 0 fully saturated rings. The Hall–Kier alpha value is -1.53. The summed E-state index contributed by atoms with van der Waals surface area (Å²) in [5.74, 6) is 0. The van der Waals surface area contributed by atoms with Crippen LogP contribution >= 0.6 is 0 Å². The number of hydrogen-bond acceptors (Lipinski definition) is 4. The lowest BCUT2D eigenvalue weighted by Crippen LogP contribution is -2.28. The summed E-state index contributed by atoms with van der Waals surface area (Å²) in [7, 11) is -5.67. The molecule has 0 saturated carbocycles. The second-order valence-electron chi connectivity index (χ2n) is 2.76. The molecular formula is C7H6F14O4S. The van der Waals surface area contributed by atoms with Crippen molar-refractivity contribution in [2.45, 2.75) is 18.7 Å². The predicted molar refractivity (Wildman–Crippen MR) is 53.4 cm³/mol. The normalized spacial score (nSPS) is 10.8. The third-order valence-electron chi connectivity index (χ3n) is 0.835. The van der Waals surface area contributed by atoms with Gasteiger partial charge in [-0.3, -0.25) is 0 Å². The van der Waals surface area contributed by atoms with Gasteiger partial charge in [-0.1, -0.05) is 7.77 Å². The van der Waals surface area contributed by atoms with E-state index in [0.717, 1.165) is 0 Å². The molecule has 0 aliphatic rings. The lowest BCUT2D eigenvalue weighted by atomic mass is 10.4. The molecule has 0 atom stereocenters. The Kier molecular flexibility index (Phi) is 19.4. The molecule has 0 saturated heterocycles. The molecule has 4 nitrogen and oxygen atoms in total. The first-order valence-corrected chi connectivity index (χ1v) is 6.05. The van der Waals surface area contributed by atoms with Crippen LogP contribution in [0, 0.1) is 0 Å². The maximum absolute atomic E-state index is 12.0. The predicted octanol–water partition coefficient (Wildman–Crippen LogP) is 5.45. The first-order valence-electron chi connectivity index (χ1n) is 4.76. The molecule has 0 heterocycles. The summed E-state index contributed by atoms with van der Waals surface area (Å²) in [5.41, 5.74) is 0. The second kappa shape index (κ2) is 15.7. The quantitative estimate of drug-likeness (QED) is 0.324. The Morgan fingerprint density at radius 1 is 0.885 bits per heavy atom. The van der Waals surface area contributed by atoms with E-state index in [1.165, 1.54) is 0 Å². The first kappa shape index (κ1) is 32.2. The van der Waals surface area contributed by atoms with Crippen LogP contribution in [-0.2, 0) is 20.3 Å². The van der Waals surface area contributed by atoms with E-state index in [0.29, 0.717) is 0 Å². The maximum atomic E-state index is 12.0. The number of halogens is 14. The van der Waals surface area contributed by atoms with Gasteiger partial charge < -0.3 is 4.74 Å². The van der Waals surface area contributed by atoms with Gasteiger partial charge in [-0.15, -0.1) is 0 Å². The standard InChI is InChI=1S/C5H2F8O.CH2F2O.CH2F2.F2O2S/c6-2(7)3(8)14-5(12,13)1-4(9,10)11;2-1-4-3;2-1-3;1-5(2,3)4/h1H2;1H2;1H2;. The van der Waals surface area contributed by atoms with Crippen molar-refractivity contribution in [3.8, 4) is 0 Å². The number of ether oxygens (including phenoxy) is 1. The van der Waals surface area contributed by atoms with Crippen molar-refractivity contribution in [3.05, 3.63) is 12.1 Å². The van der Waals surface area contributed by atoms with Crippen molar-refractivity contribution in [3.63, 3.8) is 0 Å². The van der Waals surface area contributed by atoms with Gasteiger partial charge in [-0.2, -0.15) is 48.5 Å². The molecule has 0 bridgehead atoms. The second-order valence-corrected chi connectivity index (χ2v) is 3.52. The summed E-state index contributed by atoms with van der Waals surface area (Å²) >= 11 is 0. The molecule has 0 unspecified atom stereocenters. The molecule has 0 rings (SSSR count). The topological polar surface area (TPSA) is 52.6 Å². The zero-order valence-corrected chi connectivity index (χ0v) is 12.3. The van der Waals surface area contributed by atoms with Gasteiger partial charge in [0.25, 0.3) is 0 Å². The molecule has 0 aliphatic carbocycles. The maximum Gasteiger partial charge on any atom is 0.476 e. The van der Waals surface area contributed by atoms with Crippen LogP contribution in [0.2, 0.25) is 0 Å². The minimum atomic E-state index is -5.67. The molecule has 0 amide bonds. The SMILES string of the molecule is FC(F)=C(F)OC(F)(F)CC(F)(F)F.FCF.FCOF.O=S(=O)(F)F. The van der Waals surface area contributed by atoms with E-state index < -0.39 is 55.2 Å². The van der Waals surface area contributed by atoms with Crippen LogP contribution in [0.4, 0.5) is 60.6 Å². The highest BCUT2D eigenvalue weighted by molar-refractivity contribution is 7.81. The van der Waals surface area contributed by atoms with Gasteiger partial charge in [0, 0.05) is 0 Å². The fourth-order valence-electron chi connectivity index (χ4n) is 0.439. The summed E-state index contributed by atoms with van der Waals surface area (Å²) in [6.45, 7) is -3.10. The van der Waals surface area contributed by atoms with E-state index in [2.05, 4.69) is 9.68 Å². The zero-order chi connectivity index (χ0) is 22.2. The third-order valence-corrected chi connectivity index (χ3v) is 0.835. The van der Waals surface area contributed by atoms with Crippen LogP contribution in [0.3, 0.4) is 0 Å². The van der Waals surface area contributed by atoms with E-state index >= 15 is 0 Å². The van der Waals surface area contributed by atoms with Gasteiger partial charge in [-0.25, -0.2) is 13.2 Å². The van der Waals surface area contributed by atoms with Gasteiger partial charge in [0.2, 0.25) is 13.8 Å². The average molecular weight is 452 g/mol. The summed E-state index contributed by atoms with van der Waals surface area (Å²) < 4.78 is 170. The van der Waals surface area contributed by atoms with Crippen LogP contribution < -0.4 is 0 Å². The lowest BCUT2D eigenvalue weighted by Gasteiger charge is -2.17. The molecule has 0 aromatic rings. The number of rotatable bonds is 4. The minimum Gasteiger partial charge on any atom is -0.402 e. The molecule has 26 heavy (non-hydrogen) atoms. The van der Waals surface area contributed by atoms with Crippen molar-refractivity contribution >= 4 is 10.6 Å². The van der Waals surface area contributed by atoms with Crippen molar-refractivity contribution in [1.29, 1.82) is 0 Å². The highest BCUT2D eigenvalue weighted by Gasteiger charge is 2.46. The summed E-state index contributed by atoms with van der Waals surface area (Å²) in [6, 6.07) is -3.03. The van der Waals surface area contributed by atoms with Gasteiger partial charge in [0.05, 0.1) is 0 Å². The fraction of sp³-hybridized carbons (Fsp3) is 0.714. The molecule has 0 aromatic carbocycles. The third kappa shape index (κ3) is 49.5. The van der Waals surface area contributed by atoms with Crippen LogP contribution in [-0.4, -0.2) is 34.5 Å². The van der Waals surface area contributed by atoms with Crippen molar-refractivity contribution in [2.24, 2.45) is 0 Å². The minimum absolute atomic E-state index is 1.35. The van der Waals surface area contributed by atoms with E-state index in [1.807, 2.05) is 0 Å². The Balaban J connectivity index is -0.000000165. The van der Waals surface area contributed by atoms with Crippen LogP contribution in [0.15, 0.2) is 12.1 Å². The van der Waals surface area contributed by atoms with E-state index in [1.54, 1.807) is 0 Å². The van der Waals surface area contributed by atoms with Gasteiger partial charge >= 0.3 is 35.0 Å². The molecule has 0 aliphatic heterocycles. The highest BCUT2D eigenvalue weighted by Crippen LogP contribution is 2.34. The Bertz CT molecular complexity index is 446. The Morgan fingerprint density at radius 3 is 1.31 bits per heavy atom. The molecule has 0 aromatic heterocycles. The summed E-state index contributed by atoms with van der Waals surface area (Å²) in [5, 5.41) is 0. The van der Waals surface area contributed by atoms with Gasteiger partial charge in [0.15, 0.2) is 0 Å². The number of hydrogen-bond donors (Lipinski definition) is 0. The van der Waals surface area contributed by atoms with E-state index in [-0.39, 0.29) is 0 Å². The average Bonchev–Trinajstić information content (AvgIpc) is 2.34. The van der Waals surface area contributed by atoms with Gasteiger partial charge in [-0.05, 0) is 4.53 Å². The van der Waals surface area contributed by atoms with E-state index in [9.17, 15) is 60.6 Å². The van der Waals surface area contributed by atoms with E-state index in [4.69, 9.17) is 8.42 Å². The van der Waals surface area contributed by atoms with Crippen molar-refractivity contribution in [2.75, 3.05) is 13.8 Å². The summed E-state index contributed by atoms with van der Waals surface area (Å²) in [4.78, 5) is 2.38. The zero-order valence-electron chi connectivity index (χ0n) is 11.5. The monoisotopic (exact) mass is 452 g/mol. The Labute approximate surface area is 135 Å². The molecule has 0 spiro atoms. The fourth-order valence-corrected chi connectivity index (χ4v) is 0.439. The molecule has 0 radical (unpaired) electrons. The molecular weight excluding hydrogens is 446 g/mol. The smallest absolute Gasteiger partial charge is 0.402 e. The van der Waals surface area contributed by atoms with Crippen molar-refractivity contribution in [1.82, 2.24) is 0 Å². The molecule has 19 heteroatoms. The molecule has 162 valence electrons. The van der Waals surface area contributed by atoms with Crippen LogP contribution in [0.25, 0.3) is 0 Å². The van der Waals surface area contributed by atoms with Crippen LogP contribution in [0.5, 0.6) is 0 Å². The van der Waals surface area contributed by atoms with Gasteiger partial charge in [0.1, 0.15) is 6.42 Å². The number of alkyl halides is 8. The summed E-state index contributed by atoms with van der Waals surface area (Å²) in [6.07, 6.45) is -16.5. The molecule has 0 N–H and O–H groups in total. The highest BCUT2D eigenvalue weighted by atomic mass is 32.3. The lowest BCUT2D eigenvalue weighted by molar-refractivity contribution is -0.285.